The van der Waals surface area contributed by atoms with Gasteiger partial charge < -0.3 is 10.2 Å². The smallest absolute Gasteiger partial charge is 0.243 e. The lowest BCUT2D eigenvalue weighted by Crippen LogP contribution is -2.47. The first-order valence-electron chi connectivity index (χ1n) is 9.66. The topological polar surface area (TPSA) is 69.7 Å². The minimum Gasteiger partial charge on any atom is -0.340 e. The minimum absolute atomic E-state index is 0.00764. The van der Waals surface area contributed by atoms with Gasteiger partial charge in [-0.25, -0.2) is 8.42 Å². The summed E-state index contributed by atoms with van der Waals surface area (Å²) in [6.45, 7) is 5.11. The molecule has 1 aliphatic heterocycles. The van der Waals surface area contributed by atoms with E-state index >= 15 is 0 Å². The molecular weight excluding hydrogens is 454 g/mol. The fraction of sp³-hybridized carbons (Fsp3) is 0.381. The van der Waals surface area contributed by atoms with Gasteiger partial charge in [-0.2, -0.15) is 4.31 Å². The van der Waals surface area contributed by atoms with Crippen molar-refractivity contribution in [1.29, 1.82) is 0 Å². The summed E-state index contributed by atoms with van der Waals surface area (Å²) in [6, 6.07) is 14.4. The van der Waals surface area contributed by atoms with Crippen molar-refractivity contribution in [2.45, 2.75) is 24.8 Å². The molecular formula is C21H26BrN3O3S. The molecule has 1 amide bonds. The second kappa shape index (κ2) is 9.84. The molecule has 0 saturated carbocycles. The van der Waals surface area contributed by atoms with Crippen LogP contribution in [0.2, 0.25) is 0 Å². The van der Waals surface area contributed by atoms with Gasteiger partial charge in [0.05, 0.1) is 4.90 Å². The highest BCUT2D eigenvalue weighted by Gasteiger charge is 2.26. The maximum Gasteiger partial charge on any atom is 0.243 e. The highest BCUT2D eigenvalue weighted by Crippen LogP contribution is 2.21. The number of piperazine rings is 1. The lowest BCUT2D eigenvalue weighted by atomic mass is 10.2. The van der Waals surface area contributed by atoms with Crippen molar-refractivity contribution < 1.29 is 13.2 Å². The van der Waals surface area contributed by atoms with Crippen molar-refractivity contribution >= 4 is 31.9 Å². The van der Waals surface area contributed by atoms with E-state index in [0.29, 0.717) is 13.1 Å². The Kier molecular flexibility index (Phi) is 7.45. The lowest BCUT2D eigenvalue weighted by molar-refractivity contribution is -0.131. The molecule has 1 N–H and O–H groups in total. The summed E-state index contributed by atoms with van der Waals surface area (Å²) < 4.78 is 29.0. The number of halogens is 1. The number of amides is 1. The summed E-state index contributed by atoms with van der Waals surface area (Å²) >= 11 is 3.40. The molecule has 2 aromatic carbocycles. The number of benzene rings is 2. The molecule has 1 fully saturated rings. The fourth-order valence-corrected chi connectivity index (χ4v) is 5.09. The largest absolute Gasteiger partial charge is 0.340 e. The van der Waals surface area contributed by atoms with Gasteiger partial charge in [-0.15, -0.1) is 0 Å². The van der Waals surface area contributed by atoms with Gasteiger partial charge in [0.2, 0.25) is 15.9 Å². The zero-order valence-electron chi connectivity index (χ0n) is 16.5. The van der Waals surface area contributed by atoms with Gasteiger partial charge in [0, 0.05) is 50.2 Å². The standard InChI is InChI=1S/C21H26BrN3O3S/c1-17-3-2-4-20(15-17)29(27,28)25(16-18-5-7-19(22)8-6-18)12-9-21(26)24-13-10-23-11-14-24/h2-8,15,23H,9-14,16H2,1H3. The van der Waals surface area contributed by atoms with Crippen LogP contribution in [0.15, 0.2) is 57.9 Å². The summed E-state index contributed by atoms with van der Waals surface area (Å²) in [5.74, 6) is -0.00764. The highest BCUT2D eigenvalue weighted by atomic mass is 79.9. The molecule has 1 saturated heterocycles. The Labute approximate surface area is 181 Å². The average molecular weight is 480 g/mol. The van der Waals surface area contributed by atoms with Crippen LogP contribution >= 0.6 is 15.9 Å². The van der Waals surface area contributed by atoms with E-state index in [1.165, 1.54) is 4.31 Å². The number of hydrogen-bond donors (Lipinski definition) is 1. The van der Waals surface area contributed by atoms with Crippen LogP contribution in [0, 0.1) is 6.92 Å². The number of nitrogens with zero attached hydrogens (tertiary/aromatic N) is 2. The summed E-state index contributed by atoms with van der Waals surface area (Å²) in [4.78, 5) is 14.6. The zero-order chi connectivity index (χ0) is 20.9. The highest BCUT2D eigenvalue weighted by molar-refractivity contribution is 9.10. The molecule has 2 aromatic rings. The molecule has 6 nitrogen and oxygen atoms in total. The van der Waals surface area contributed by atoms with Gasteiger partial charge in [-0.3, -0.25) is 4.79 Å². The summed E-state index contributed by atoms with van der Waals surface area (Å²) in [5, 5.41) is 3.22. The van der Waals surface area contributed by atoms with Crippen LogP contribution in [0.25, 0.3) is 0 Å². The van der Waals surface area contributed by atoms with Crippen LogP contribution in [-0.4, -0.2) is 56.3 Å². The van der Waals surface area contributed by atoms with E-state index in [1.807, 2.05) is 37.3 Å². The van der Waals surface area contributed by atoms with Gasteiger partial charge >= 0.3 is 0 Å². The average Bonchev–Trinajstić information content (AvgIpc) is 2.72. The molecule has 8 heteroatoms. The Morgan fingerprint density at radius 3 is 2.48 bits per heavy atom. The maximum absolute atomic E-state index is 13.3. The van der Waals surface area contributed by atoms with E-state index in [2.05, 4.69) is 21.2 Å². The van der Waals surface area contributed by atoms with Crippen LogP contribution in [0.4, 0.5) is 0 Å². The zero-order valence-corrected chi connectivity index (χ0v) is 18.9. The number of rotatable bonds is 7. The van der Waals surface area contributed by atoms with Crippen molar-refractivity contribution in [2.75, 3.05) is 32.7 Å². The Balaban J connectivity index is 1.80. The van der Waals surface area contributed by atoms with Crippen molar-refractivity contribution in [3.63, 3.8) is 0 Å². The number of aryl methyl sites for hydroxylation is 1. The second-order valence-corrected chi connectivity index (χ2v) is 10.0. The Hall–Kier alpha value is -1.74. The minimum atomic E-state index is -3.72. The summed E-state index contributed by atoms with van der Waals surface area (Å²) in [6.07, 6.45) is 0.168. The Morgan fingerprint density at radius 2 is 1.83 bits per heavy atom. The van der Waals surface area contributed by atoms with Crippen LogP contribution in [0.1, 0.15) is 17.5 Å². The third-order valence-electron chi connectivity index (χ3n) is 4.94. The van der Waals surface area contributed by atoms with Crippen molar-refractivity contribution in [3.05, 3.63) is 64.1 Å². The number of sulfonamides is 1. The third kappa shape index (κ3) is 5.88. The Bertz CT molecular complexity index is 942. The summed E-state index contributed by atoms with van der Waals surface area (Å²) in [7, 11) is -3.72. The van der Waals surface area contributed by atoms with E-state index in [4.69, 9.17) is 0 Å². The van der Waals surface area contributed by atoms with Gasteiger partial charge in [-0.1, -0.05) is 40.2 Å². The normalized spacial score (nSPS) is 14.9. The lowest BCUT2D eigenvalue weighted by Gasteiger charge is -2.29. The molecule has 29 heavy (non-hydrogen) atoms. The quantitative estimate of drug-likeness (QED) is 0.662. The van der Waals surface area contributed by atoms with Crippen LogP contribution in [0.3, 0.4) is 0 Å². The first kappa shape index (κ1) is 22.0. The van der Waals surface area contributed by atoms with E-state index in [-0.39, 0.29) is 30.3 Å². The molecule has 0 radical (unpaired) electrons. The van der Waals surface area contributed by atoms with Crippen molar-refractivity contribution in [2.24, 2.45) is 0 Å². The molecule has 0 aromatic heterocycles. The molecule has 156 valence electrons. The Morgan fingerprint density at radius 1 is 1.14 bits per heavy atom. The van der Waals surface area contributed by atoms with Crippen molar-refractivity contribution in [1.82, 2.24) is 14.5 Å². The van der Waals surface area contributed by atoms with Gasteiger partial charge in [-0.05, 0) is 42.3 Å². The van der Waals surface area contributed by atoms with Crippen molar-refractivity contribution in [3.8, 4) is 0 Å². The molecule has 0 atom stereocenters. The molecule has 0 aliphatic carbocycles. The third-order valence-corrected chi connectivity index (χ3v) is 7.31. The number of carbonyl (C=O) groups excluding carboxylic acids is 1. The van der Waals surface area contributed by atoms with Gasteiger partial charge in [0.25, 0.3) is 0 Å². The predicted octanol–water partition coefficient (Wildman–Crippen LogP) is 2.77. The second-order valence-electron chi connectivity index (χ2n) is 7.16. The van der Waals surface area contributed by atoms with Crippen LogP contribution in [-0.2, 0) is 21.4 Å². The molecule has 3 rings (SSSR count). The first-order valence-corrected chi connectivity index (χ1v) is 11.9. The first-order chi connectivity index (χ1) is 13.9. The van der Waals surface area contributed by atoms with E-state index in [0.717, 1.165) is 28.7 Å². The van der Waals surface area contributed by atoms with Gasteiger partial charge in [0.15, 0.2) is 0 Å². The molecule has 0 unspecified atom stereocenters. The molecule has 1 aliphatic rings. The van der Waals surface area contributed by atoms with E-state index < -0.39 is 10.0 Å². The maximum atomic E-state index is 13.3. The van der Waals surface area contributed by atoms with Gasteiger partial charge in [0.1, 0.15) is 0 Å². The molecule has 1 heterocycles. The number of nitrogens with one attached hydrogen (secondary N) is 1. The molecule has 0 bridgehead atoms. The summed E-state index contributed by atoms with van der Waals surface area (Å²) in [5.41, 5.74) is 1.76. The SMILES string of the molecule is Cc1cccc(S(=O)(=O)N(CCC(=O)N2CCNCC2)Cc2ccc(Br)cc2)c1. The fourth-order valence-electron chi connectivity index (χ4n) is 3.30. The van der Waals surface area contributed by atoms with Crippen LogP contribution in [0.5, 0.6) is 0 Å². The monoisotopic (exact) mass is 479 g/mol. The van der Waals surface area contributed by atoms with E-state index in [9.17, 15) is 13.2 Å². The van der Waals surface area contributed by atoms with Crippen LogP contribution < -0.4 is 5.32 Å². The van der Waals surface area contributed by atoms with E-state index in [1.54, 1.807) is 23.1 Å². The predicted molar refractivity (Wildman–Crippen MR) is 117 cm³/mol. The number of carbonyl (C=O) groups is 1. The molecule has 0 spiro atoms. The number of hydrogen-bond acceptors (Lipinski definition) is 4.